The minimum absolute atomic E-state index is 0.230. The lowest BCUT2D eigenvalue weighted by molar-refractivity contribution is 0.516. The summed E-state index contributed by atoms with van der Waals surface area (Å²) in [5.74, 6) is 0.654. The van der Waals surface area contributed by atoms with Crippen LogP contribution in [0.15, 0.2) is 41.5 Å². The molecule has 136 valence electrons. The highest BCUT2D eigenvalue weighted by Crippen LogP contribution is 2.53. The van der Waals surface area contributed by atoms with E-state index in [9.17, 15) is 0 Å². The van der Waals surface area contributed by atoms with E-state index in [0.29, 0.717) is 9.84 Å². The van der Waals surface area contributed by atoms with Crippen molar-refractivity contribution in [3.05, 3.63) is 58.2 Å². The van der Waals surface area contributed by atoms with Crippen molar-refractivity contribution in [2.45, 2.75) is 73.1 Å². The second kappa shape index (κ2) is 8.45. The van der Waals surface area contributed by atoms with Crippen LogP contribution in [0.1, 0.15) is 69.6 Å². The summed E-state index contributed by atoms with van der Waals surface area (Å²) in [6.07, 6.45) is 13.8. The number of hydrogen-bond acceptors (Lipinski definition) is 0. The zero-order valence-corrected chi connectivity index (χ0v) is 20.1. The van der Waals surface area contributed by atoms with E-state index in [-0.39, 0.29) is 3.42 Å². The van der Waals surface area contributed by atoms with Crippen molar-refractivity contribution in [1.29, 1.82) is 0 Å². The number of benzene rings is 1. The third kappa shape index (κ3) is 4.20. The van der Waals surface area contributed by atoms with Crippen molar-refractivity contribution in [3.8, 4) is 0 Å². The van der Waals surface area contributed by atoms with Gasteiger partial charge in [0.25, 0.3) is 0 Å². The average Bonchev–Trinajstić information content (AvgIpc) is 2.87. The van der Waals surface area contributed by atoms with Crippen LogP contribution in [0.3, 0.4) is 0 Å². The van der Waals surface area contributed by atoms with Crippen LogP contribution in [0, 0.1) is 5.92 Å². The summed E-state index contributed by atoms with van der Waals surface area (Å²) in [5.41, 5.74) is 7.97. The van der Waals surface area contributed by atoms with E-state index in [1.807, 2.05) is 0 Å². The van der Waals surface area contributed by atoms with Gasteiger partial charge >= 0.3 is 0 Å². The van der Waals surface area contributed by atoms with Gasteiger partial charge in [-0.05, 0) is 55.7 Å². The zero-order valence-electron chi connectivity index (χ0n) is 15.7. The van der Waals surface area contributed by atoms with E-state index in [4.69, 9.17) is 0 Å². The summed E-state index contributed by atoms with van der Waals surface area (Å²) >= 11 is 5.41. The molecule has 0 N–H and O–H groups in total. The number of rotatable bonds is 6. The Bertz CT molecular complexity index is 681. The second-order valence-electron chi connectivity index (χ2n) is 7.79. The summed E-state index contributed by atoms with van der Waals surface area (Å²) in [4.78, 5) is 0. The molecule has 2 unspecified atom stereocenters. The third-order valence-corrected chi connectivity index (χ3v) is 8.61. The van der Waals surface area contributed by atoms with E-state index in [0.717, 1.165) is 6.42 Å². The Kier molecular flexibility index (Phi) is 6.73. The molecular formula is C23H30I2. The third-order valence-electron chi connectivity index (χ3n) is 6.03. The van der Waals surface area contributed by atoms with E-state index in [1.165, 1.54) is 44.1 Å². The second-order valence-corrected chi connectivity index (χ2v) is 11.5. The molecule has 0 saturated heterocycles. The van der Waals surface area contributed by atoms with E-state index in [1.54, 1.807) is 22.3 Å². The zero-order chi connectivity index (χ0) is 18.0. The van der Waals surface area contributed by atoms with Gasteiger partial charge in [-0.2, -0.15) is 0 Å². The molecule has 3 atom stereocenters. The average molecular weight is 560 g/mol. The van der Waals surface area contributed by atoms with Gasteiger partial charge in [0.15, 0.2) is 0 Å². The van der Waals surface area contributed by atoms with Crippen molar-refractivity contribution in [2.24, 2.45) is 5.92 Å². The first-order valence-corrected chi connectivity index (χ1v) is 12.1. The van der Waals surface area contributed by atoms with Gasteiger partial charge in [-0.1, -0.05) is 113 Å². The quantitative estimate of drug-likeness (QED) is 0.190. The molecule has 25 heavy (non-hydrogen) atoms. The maximum atomic E-state index is 2.73. The number of aryl methyl sites for hydroxylation is 1. The lowest BCUT2D eigenvalue weighted by atomic mass is 9.81. The molecule has 0 nitrogen and oxygen atoms in total. The molecular weight excluding hydrogens is 530 g/mol. The van der Waals surface area contributed by atoms with E-state index < -0.39 is 0 Å². The standard InChI is InChI=1S/C23H30I2/c1-4-6-7-8-17-11-12-19(15-22(17)24)21-14-18-10-9-16(5-2)13-20(18)23(21,3)25/h9-13,21-22H,4-8,14-15H2,1-3H3/t21?,22?,23-/m0/s1. The number of hydrogen-bond donors (Lipinski definition) is 0. The monoisotopic (exact) mass is 560 g/mol. The van der Waals surface area contributed by atoms with Crippen LogP contribution in [0.2, 0.25) is 0 Å². The molecule has 0 spiro atoms. The summed E-state index contributed by atoms with van der Waals surface area (Å²) in [7, 11) is 0. The predicted molar refractivity (Wildman–Crippen MR) is 127 cm³/mol. The highest BCUT2D eigenvalue weighted by molar-refractivity contribution is 14.1. The van der Waals surface area contributed by atoms with Crippen LogP contribution in [-0.2, 0) is 16.3 Å². The summed E-state index contributed by atoms with van der Waals surface area (Å²) < 4.78 is 0.921. The van der Waals surface area contributed by atoms with Gasteiger partial charge in [-0.3, -0.25) is 0 Å². The minimum atomic E-state index is 0.230. The van der Waals surface area contributed by atoms with Crippen molar-refractivity contribution in [1.82, 2.24) is 0 Å². The topological polar surface area (TPSA) is 0 Å². The molecule has 0 aliphatic heterocycles. The van der Waals surface area contributed by atoms with Gasteiger partial charge in [-0.15, -0.1) is 0 Å². The van der Waals surface area contributed by atoms with E-state index in [2.05, 4.69) is 96.3 Å². The van der Waals surface area contributed by atoms with Gasteiger partial charge in [0.1, 0.15) is 0 Å². The SMILES string of the molecule is CCCCCC1=CC=C(C2Cc3ccc(CC)cc3[C@]2(C)I)CC1I. The van der Waals surface area contributed by atoms with Crippen LogP contribution >= 0.6 is 45.2 Å². The van der Waals surface area contributed by atoms with Crippen LogP contribution in [0.5, 0.6) is 0 Å². The molecule has 2 aliphatic rings. The Hall–Kier alpha value is 0.160. The minimum Gasteiger partial charge on any atom is -0.0774 e. The van der Waals surface area contributed by atoms with Crippen LogP contribution in [-0.4, -0.2) is 3.92 Å². The Morgan fingerprint density at radius 2 is 1.92 bits per heavy atom. The summed E-state index contributed by atoms with van der Waals surface area (Å²) in [6.45, 7) is 7.00. The van der Waals surface area contributed by atoms with Gasteiger partial charge in [-0.25, -0.2) is 0 Å². The molecule has 2 heteroatoms. The van der Waals surface area contributed by atoms with Crippen LogP contribution < -0.4 is 0 Å². The molecule has 3 rings (SSSR count). The number of unbranched alkanes of at least 4 members (excludes halogenated alkanes) is 2. The smallest absolute Gasteiger partial charge is 0.0513 e. The largest absolute Gasteiger partial charge is 0.0774 e. The Balaban J connectivity index is 1.81. The Morgan fingerprint density at radius 1 is 1.12 bits per heavy atom. The Labute approximate surface area is 181 Å². The first-order chi connectivity index (χ1) is 12.0. The lowest BCUT2D eigenvalue weighted by Gasteiger charge is -2.32. The predicted octanol–water partition coefficient (Wildman–Crippen LogP) is 7.71. The fourth-order valence-corrected chi connectivity index (χ4v) is 6.51. The van der Waals surface area contributed by atoms with Crippen molar-refractivity contribution in [2.75, 3.05) is 0 Å². The lowest BCUT2D eigenvalue weighted by Crippen LogP contribution is -2.25. The normalized spacial score (nSPS) is 28.5. The van der Waals surface area contributed by atoms with Crippen molar-refractivity contribution < 1.29 is 0 Å². The first kappa shape index (κ1) is 19.9. The molecule has 0 amide bonds. The van der Waals surface area contributed by atoms with Gasteiger partial charge in [0.05, 0.1) is 3.42 Å². The van der Waals surface area contributed by atoms with Crippen molar-refractivity contribution >= 4 is 45.2 Å². The Morgan fingerprint density at radius 3 is 2.60 bits per heavy atom. The molecule has 0 radical (unpaired) electrons. The number of halogens is 2. The van der Waals surface area contributed by atoms with Crippen molar-refractivity contribution in [3.63, 3.8) is 0 Å². The number of allylic oxidation sites excluding steroid dienone is 4. The number of fused-ring (bicyclic) bond motifs is 1. The molecule has 0 bridgehead atoms. The molecule has 0 fully saturated rings. The fraction of sp³-hybridized carbons (Fsp3) is 0.565. The molecule has 0 saturated carbocycles. The first-order valence-electron chi connectivity index (χ1n) is 9.82. The molecule has 2 aliphatic carbocycles. The molecule has 0 heterocycles. The van der Waals surface area contributed by atoms with E-state index >= 15 is 0 Å². The molecule has 0 aromatic heterocycles. The number of alkyl halides is 2. The maximum Gasteiger partial charge on any atom is 0.0513 e. The van der Waals surface area contributed by atoms with Gasteiger partial charge in [0, 0.05) is 9.84 Å². The van der Waals surface area contributed by atoms with Crippen LogP contribution in [0.4, 0.5) is 0 Å². The highest BCUT2D eigenvalue weighted by Gasteiger charge is 2.43. The molecule has 1 aromatic rings. The summed E-state index contributed by atoms with van der Waals surface area (Å²) in [5, 5.41) is 0. The highest BCUT2D eigenvalue weighted by atomic mass is 127. The molecule has 1 aromatic carbocycles. The van der Waals surface area contributed by atoms with Gasteiger partial charge < -0.3 is 0 Å². The maximum absolute atomic E-state index is 2.73. The van der Waals surface area contributed by atoms with Gasteiger partial charge in [0.2, 0.25) is 0 Å². The fourth-order valence-electron chi connectivity index (χ4n) is 4.36. The van der Waals surface area contributed by atoms with Crippen LogP contribution in [0.25, 0.3) is 0 Å². The summed E-state index contributed by atoms with van der Waals surface area (Å²) in [6, 6.07) is 7.19.